The molecule has 130 valence electrons. The van der Waals surface area contributed by atoms with Crippen LogP contribution in [-0.2, 0) is 16.8 Å². The summed E-state index contributed by atoms with van der Waals surface area (Å²) in [5.74, 6) is -0.239. The average Bonchev–Trinajstić information content (AvgIpc) is 3.16. The van der Waals surface area contributed by atoms with E-state index in [2.05, 4.69) is 20.9 Å². The van der Waals surface area contributed by atoms with Crippen LogP contribution in [0.15, 0.2) is 45.7 Å². The van der Waals surface area contributed by atoms with Crippen LogP contribution in [0.4, 0.5) is 5.88 Å². The Labute approximate surface area is 143 Å². The maximum absolute atomic E-state index is 12.3. The lowest BCUT2D eigenvalue weighted by molar-refractivity contribution is -0.117. The number of para-hydroxylation sites is 1. The third kappa shape index (κ3) is 3.65. The quantitative estimate of drug-likeness (QED) is 0.767. The molecule has 0 atom stereocenters. The van der Waals surface area contributed by atoms with Crippen LogP contribution < -0.4 is 11.0 Å². The number of rotatable bonds is 4. The van der Waals surface area contributed by atoms with E-state index in [9.17, 15) is 9.59 Å². The van der Waals surface area contributed by atoms with Crippen LogP contribution in [0.3, 0.4) is 0 Å². The van der Waals surface area contributed by atoms with Crippen molar-refractivity contribution in [3.8, 4) is 5.69 Å². The lowest BCUT2D eigenvalue weighted by Gasteiger charge is -2.12. The fourth-order valence-corrected chi connectivity index (χ4v) is 2.11. The van der Waals surface area contributed by atoms with Crippen molar-refractivity contribution in [2.45, 2.75) is 32.7 Å². The predicted octanol–water partition coefficient (Wildman–Crippen LogP) is 1.35. The zero-order valence-electron chi connectivity index (χ0n) is 14.1. The Kier molecular flexibility index (Phi) is 4.22. The highest BCUT2D eigenvalue weighted by atomic mass is 16.5. The fraction of sp³-hybridized carbons (Fsp3) is 0.312. The minimum atomic E-state index is -0.505. The lowest BCUT2D eigenvalue weighted by atomic mass is 9.92. The number of amides is 1. The van der Waals surface area contributed by atoms with Gasteiger partial charge in [-0.05, 0) is 22.6 Å². The van der Waals surface area contributed by atoms with E-state index in [0.29, 0.717) is 5.69 Å². The molecule has 9 nitrogen and oxygen atoms in total. The second-order valence-corrected chi connectivity index (χ2v) is 6.54. The summed E-state index contributed by atoms with van der Waals surface area (Å²) in [7, 11) is 0. The second kappa shape index (κ2) is 6.34. The molecule has 0 bridgehead atoms. The molecule has 0 aliphatic heterocycles. The van der Waals surface area contributed by atoms with Crippen LogP contribution in [0.25, 0.3) is 5.69 Å². The van der Waals surface area contributed by atoms with Gasteiger partial charge in [-0.3, -0.25) is 10.1 Å². The van der Waals surface area contributed by atoms with Crippen LogP contribution in [-0.4, -0.2) is 30.9 Å². The maximum atomic E-state index is 12.3. The first kappa shape index (κ1) is 16.6. The Bertz CT molecular complexity index is 933. The molecule has 9 heteroatoms. The number of hydrogen-bond acceptors (Lipinski definition) is 6. The van der Waals surface area contributed by atoms with Gasteiger partial charge >= 0.3 is 5.69 Å². The number of carbonyl (C=O) groups excluding carboxylic acids is 1. The van der Waals surface area contributed by atoms with E-state index in [-0.39, 0.29) is 17.8 Å². The Morgan fingerprint density at radius 3 is 2.56 bits per heavy atom. The van der Waals surface area contributed by atoms with E-state index in [1.807, 2.05) is 26.8 Å². The summed E-state index contributed by atoms with van der Waals surface area (Å²) < 4.78 is 7.19. The molecule has 0 fully saturated rings. The topological polar surface area (TPSA) is 108 Å². The van der Waals surface area contributed by atoms with Gasteiger partial charge in [0.2, 0.25) is 11.8 Å². The van der Waals surface area contributed by atoms with E-state index in [0.717, 1.165) is 15.1 Å². The van der Waals surface area contributed by atoms with Gasteiger partial charge in [0.25, 0.3) is 0 Å². The Morgan fingerprint density at radius 2 is 1.92 bits per heavy atom. The SMILES string of the molecule is CC(C)(C)c1cc(NC(=O)Cn2nnn(-c3ccccc3)c2=O)on1. The van der Waals surface area contributed by atoms with Gasteiger partial charge in [0.15, 0.2) is 0 Å². The number of nitrogens with zero attached hydrogens (tertiary/aromatic N) is 5. The minimum Gasteiger partial charge on any atom is -0.338 e. The zero-order chi connectivity index (χ0) is 18.0. The van der Waals surface area contributed by atoms with Crippen LogP contribution >= 0.6 is 0 Å². The maximum Gasteiger partial charge on any atom is 0.368 e. The fourth-order valence-electron chi connectivity index (χ4n) is 2.11. The first-order valence-electron chi connectivity index (χ1n) is 7.70. The molecule has 0 aliphatic carbocycles. The van der Waals surface area contributed by atoms with Crippen molar-refractivity contribution in [1.29, 1.82) is 0 Å². The largest absolute Gasteiger partial charge is 0.368 e. The molecule has 1 N–H and O–H groups in total. The third-order valence-electron chi connectivity index (χ3n) is 3.47. The molecule has 1 aromatic carbocycles. The van der Waals surface area contributed by atoms with Gasteiger partial charge in [0, 0.05) is 11.5 Å². The Balaban J connectivity index is 1.71. The van der Waals surface area contributed by atoms with Gasteiger partial charge in [0.1, 0.15) is 6.54 Å². The van der Waals surface area contributed by atoms with Gasteiger partial charge in [-0.2, -0.15) is 9.36 Å². The normalized spacial score (nSPS) is 11.5. The highest BCUT2D eigenvalue weighted by Gasteiger charge is 2.20. The molecular formula is C16H18N6O3. The lowest BCUT2D eigenvalue weighted by Crippen LogP contribution is -2.29. The van der Waals surface area contributed by atoms with Gasteiger partial charge < -0.3 is 4.52 Å². The molecule has 0 spiro atoms. The van der Waals surface area contributed by atoms with Gasteiger partial charge in [0.05, 0.1) is 11.4 Å². The number of benzene rings is 1. The minimum absolute atomic E-state index is 0.193. The Hall–Kier alpha value is -3.23. The van der Waals surface area contributed by atoms with Crippen molar-refractivity contribution in [3.05, 3.63) is 52.6 Å². The van der Waals surface area contributed by atoms with E-state index in [1.54, 1.807) is 30.3 Å². The molecule has 2 heterocycles. The van der Waals surface area contributed by atoms with Crippen molar-refractivity contribution in [3.63, 3.8) is 0 Å². The van der Waals surface area contributed by atoms with Crippen LogP contribution in [0.5, 0.6) is 0 Å². The zero-order valence-corrected chi connectivity index (χ0v) is 14.1. The molecule has 2 aromatic heterocycles. The average molecular weight is 342 g/mol. The summed E-state index contributed by atoms with van der Waals surface area (Å²) in [4.78, 5) is 24.4. The van der Waals surface area contributed by atoms with Crippen molar-refractivity contribution in [1.82, 2.24) is 24.9 Å². The number of tetrazole rings is 1. The van der Waals surface area contributed by atoms with Crippen LogP contribution in [0.1, 0.15) is 26.5 Å². The summed E-state index contributed by atoms with van der Waals surface area (Å²) in [5, 5.41) is 14.0. The number of aromatic nitrogens is 5. The highest BCUT2D eigenvalue weighted by Crippen LogP contribution is 2.23. The standard InChI is InChI=1S/C16H18N6O3/c1-16(2,3)12-9-14(25-18-12)17-13(23)10-21-15(24)22(20-19-21)11-7-5-4-6-8-11/h4-9H,10H2,1-3H3,(H,17,23). The Morgan fingerprint density at radius 1 is 1.20 bits per heavy atom. The van der Waals surface area contributed by atoms with Gasteiger partial charge in [-0.15, -0.1) is 0 Å². The molecule has 25 heavy (non-hydrogen) atoms. The molecule has 0 saturated carbocycles. The van der Waals surface area contributed by atoms with E-state index in [1.165, 1.54) is 0 Å². The van der Waals surface area contributed by atoms with Crippen LogP contribution in [0, 0.1) is 0 Å². The number of nitrogens with one attached hydrogen (secondary N) is 1. The third-order valence-corrected chi connectivity index (χ3v) is 3.47. The van der Waals surface area contributed by atoms with E-state index in [4.69, 9.17) is 4.52 Å². The smallest absolute Gasteiger partial charge is 0.338 e. The number of anilines is 1. The van der Waals surface area contributed by atoms with E-state index < -0.39 is 11.6 Å². The van der Waals surface area contributed by atoms with E-state index >= 15 is 0 Å². The second-order valence-electron chi connectivity index (χ2n) is 6.54. The molecule has 3 aromatic rings. The molecule has 1 amide bonds. The summed E-state index contributed by atoms with van der Waals surface area (Å²) in [6.07, 6.45) is 0. The number of hydrogen-bond donors (Lipinski definition) is 1. The molecule has 0 saturated heterocycles. The molecule has 0 aliphatic rings. The van der Waals surface area contributed by atoms with Crippen molar-refractivity contribution < 1.29 is 9.32 Å². The van der Waals surface area contributed by atoms with Crippen molar-refractivity contribution >= 4 is 11.8 Å². The first-order chi connectivity index (χ1) is 11.8. The highest BCUT2D eigenvalue weighted by molar-refractivity contribution is 5.89. The monoisotopic (exact) mass is 342 g/mol. The molecule has 0 unspecified atom stereocenters. The first-order valence-corrected chi connectivity index (χ1v) is 7.70. The summed E-state index contributed by atoms with van der Waals surface area (Å²) >= 11 is 0. The van der Waals surface area contributed by atoms with Crippen molar-refractivity contribution in [2.24, 2.45) is 0 Å². The van der Waals surface area contributed by atoms with Gasteiger partial charge in [-0.25, -0.2) is 4.79 Å². The molecule has 3 rings (SSSR count). The molecular weight excluding hydrogens is 324 g/mol. The van der Waals surface area contributed by atoms with Gasteiger partial charge in [-0.1, -0.05) is 44.1 Å². The van der Waals surface area contributed by atoms with Crippen LogP contribution in [0.2, 0.25) is 0 Å². The summed E-state index contributed by atoms with van der Waals surface area (Å²) in [5.41, 5.74) is 0.593. The summed E-state index contributed by atoms with van der Waals surface area (Å²) in [6, 6.07) is 10.5. The predicted molar refractivity (Wildman–Crippen MR) is 89.5 cm³/mol. The summed E-state index contributed by atoms with van der Waals surface area (Å²) in [6.45, 7) is 5.67. The van der Waals surface area contributed by atoms with Crippen molar-refractivity contribution in [2.75, 3.05) is 5.32 Å². The molecule has 0 radical (unpaired) electrons. The number of carbonyl (C=O) groups is 1.